The minimum Gasteiger partial charge on any atom is -0.496 e. The Morgan fingerprint density at radius 3 is 0.769 bits per heavy atom. The molecule has 8 aromatic rings. The smallest absolute Gasteiger partial charge is 0.277 e. The first-order valence-corrected chi connectivity index (χ1v) is 39.1. The van der Waals surface area contributed by atoms with Crippen molar-refractivity contribution in [2.75, 3.05) is 35.5 Å². The van der Waals surface area contributed by atoms with Gasteiger partial charge in [-0.1, -0.05) is 78.6 Å². The third-order valence-electron chi connectivity index (χ3n) is 21.9. The van der Waals surface area contributed by atoms with E-state index in [0.29, 0.717) is 56.1 Å². The minimum atomic E-state index is -0.0500. The lowest BCUT2D eigenvalue weighted by Crippen LogP contribution is -2.29. The molecule has 0 amide bonds. The normalized spacial score (nSPS) is 13.5. The second-order valence-electron chi connectivity index (χ2n) is 28.6. The maximum absolute atomic E-state index is 13.1. The third kappa shape index (κ3) is 17.7. The number of fused-ring (bicyclic) bond motifs is 4. The summed E-state index contributed by atoms with van der Waals surface area (Å²) in [5.41, 5.74) is 19.3. The zero-order valence-electron chi connectivity index (χ0n) is 65.3. The number of anilines is 4. The van der Waals surface area contributed by atoms with E-state index in [1.807, 2.05) is 33.8 Å². The average molecular weight is 1460 g/mol. The molecule has 560 valence electrons. The van der Waals surface area contributed by atoms with Gasteiger partial charge in [0.15, 0.2) is 0 Å². The zero-order valence-corrected chi connectivity index (χ0v) is 66.8. The highest BCUT2D eigenvalue weighted by Gasteiger charge is 2.27. The second-order valence-corrected chi connectivity index (χ2v) is 29.5. The average Bonchev–Trinajstić information content (AvgIpc) is 1.13. The van der Waals surface area contributed by atoms with Crippen LogP contribution in [0.25, 0.3) is 45.6 Å². The maximum atomic E-state index is 13.1. The number of hydrogen-bond donors (Lipinski definition) is 4. The summed E-state index contributed by atoms with van der Waals surface area (Å²) in [6, 6.07) is 18.0. The van der Waals surface area contributed by atoms with Gasteiger partial charge in [-0.2, -0.15) is 0 Å². The van der Waals surface area contributed by atoms with Gasteiger partial charge in [-0.25, -0.2) is 19.9 Å². The molecule has 0 unspecified atom stereocenters. The Kier molecular flexibility index (Phi) is 27.8. The molecule has 0 spiro atoms. The van der Waals surface area contributed by atoms with Crippen LogP contribution in [0.15, 0.2) is 67.7 Å². The highest BCUT2D eigenvalue weighted by Crippen LogP contribution is 2.39. The van der Waals surface area contributed by atoms with Gasteiger partial charge in [0.1, 0.15) is 57.5 Å². The molecule has 0 saturated carbocycles. The number of benzene rings is 4. The van der Waals surface area contributed by atoms with Gasteiger partial charge in [-0.05, 0) is 262 Å². The van der Waals surface area contributed by atoms with Crippen LogP contribution >= 0.6 is 23.2 Å². The molecule has 20 heteroatoms. The Morgan fingerprint density at radius 1 is 0.337 bits per heavy atom. The van der Waals surface area contributed by atoms with E-state index in [4.69, 9.17) is 52.6 Å². The largest absolute Gasteiger partial charge is 0.496 e. The van der Waals surface area contributed by atoms with Crippen LogP contribution in [0.1, 0.15) is 213 Å². The molecule has 12 rings (SSSR count). The number of aryl methyl sites for hydroxylation is 12. The minimum absolute atomic E-state index is 0.0378. The van der Waals surface area contributed by atoms with Crippen molar-refractivity contribution in [3.05, 3.63) is 167 Å². The molecular weight excluding hydrogens is 1340 g/mol. The molecule has 4 N–H and O–H groups in total. The number of rotatable bonds is 22. The van der Waals surface area contributed by atoms with Gasteiger partial charge in [-0.15, -0.1) is 0 Å². The van der Waals surface area contributed by atoms with E-state index in [-0.39, 0.29) is 46.4 Å². The standard InChI is InChI=1S/C22H31N3O2.C21H28ClN3O.C21H29N3O2.C20H26ClN3O/c1-6-17(7-2)24-20-14(3)23-21(25(4)22(20)26)18-12-15-10-8-9-11-16(15)13-19(18)27-5;1-5-16(6-2)24-19-13(3)23-20(25(4)21(19)26)17-11-14-9-7-8-10-15(14)12-18(17)22;1-6-16(7-2)23-19-13(3)22-20(24(4)21(19)25)17-11-14-9-8-10-15(14)12-18(17)26-5;1-5-15(6-2)23-18-12(3)22-19(24(4)20(18)25)16-10-13-8-7-9-14(13)11-17(16)21/h12-13,17,24H,6-11H2,1-5H3;11-12,16,24H,5-10H2,1-4H3;11-12,16,23H,6-10H2,1-5H3;10-11,15,23H,5-9H2,1-4H3. The number of ether oxygens (including phenoxy) is 2. The summed E-state index contributed by atoms with van der Waals surface area (Å²) in [6.07, 6.45) is 23.6. The number of halogens is 2. The third-order valence-corrected chi connectivity index (χ3v) is 22.5. The van der Waals surface area contributed by atoms with Crippen LogP contribution in [0.3, 0.4) is 0 Å². The number of methoxy groups -OCH3 is 2. The van der Waals surface area contributed by atoms with Gasteiger partial charge < -0.3 is 30.7 Å². The van der Waals surface area contributed by atoms with Crippen molar-refractivity contribution >= 4 is 46.0 Å². The molecule has 4 aromatic heterocycles. The van der Waals surface area contributed by atoms with E-state index < -0.39 is 0 Å². The highest BCUT2D eigenvalue weighted by molar-refractivity contribution is 6.33. The van der Waals surface area contributed by atoms with E-state index in [1.165, 1.54) is 83.0 Å². The van der Waals surface area contributed by atoms with Crippen molar-refractivity contribution in [2.45, 2.75) is 249 Å². The topological polar surface area (TPSA) is 206 Å². The molecule has 104 heavy (non-hydrogen) atoms. The zero-order chi connectivity index (χ0) is 75.4. The number of hydrogen-bond acceptors (Lipinski definition) is 14. The lowest BCUT2D eigenvalue weighted by molar-refractivity contribution is 0.414. The van der Waals surface area contributed by atoms with Crippen LogP contribution in [0, 0.1) is 27.7 Å². The summed E-state index contributed by atoms with van der Waals surface area (Å²) in [5.74, 6) is 4.18. The number of aromatic nitrogens is 8. The van der Waals surface area contributed by atoms with Crippen LogP contribution in [0.4, 0.5) is 22.7 Å². The summed E-state index contributed by atoms with van der Waals surface area (Å²) < 4.78 is 17.8. The van der Waals surface area contributed by atoms with Gasteiger partial charge in [0, 0.05) is 63.5 Å². The Labute approximate surface area is 626 Å². The van der Waals surface area contributed by atoms with Crippen LogP contribution in [0.5, 0.6) is 11.5 Å². The fourth-order valence-corrected chi connectivity index (χ4v) is 15.5. The summed E-state index contributed by atoms with van der Waals surface area (Å²) in [7, 11) is 10.5. The first kappa shape index (κ1) is 79.9. The Morgan fingerprint density at radius 2 is 0.538 bits per heavy atom. The molecule has 18 nitrogen and oxygen atoms in total. The Balaban J connectivity index is 0.000000161. The molecule has 0 bridgehead atoms. The quantitative estimate of drug-likeness (QED) is 0.0498. The van der Waals surface area contributed by atoms with Gasteiger partial charge >= 0.3 is 0 Å². The maximum Gasteiger partial charge on any atom is 0.277 e. The van der Waals surface area contributed by atoms with Crippen molar-refractivity contribution in [3.8, 4) is 57.1 Å². The predicted octanol–water partition coefficient (Wildman–Crippen LogP) is 17.5. The fourth-order valence-electron chi connectivity index (χ4n) is 15.0. The molecule has 0 aliphatic heterocycles. The molecule has 0 atom stereocenters. The molecular formula is C84H114Cl2N12O6. The summed E-state index contributed by atoms with van der Waals surface area (Å²) in [5, 5.41) is 14.8. The molecule has 4 aliphatic carbocycles. The summed E-state index contributed by atoms with van der Waals surface area (Å²) >= 11 is 13.1. The molecule has 4 aliphatic rings. The van der Waals surface area contributed by atoms with Crippen molar-refractivity contribution in [1.82, 2.24) is 38.2 Å². The monoisotopic (exact) mass is 1460 g/mol. The molecule has 0 radical (unpaired) electrons. The van der Waals surface area contributed by atoms with Crippen LogP contribution in [-0.4, -0.2) is 76.6 Å². The summed E-state index contributed by atoms with van der Waals surface area (Å²) in [4.78, 5) is 71.0. The van der Waals surface area contributed by atoms with E-state index in [9.17, 15) is 19.2 Å². The second kappa shape index (κ2) is 36.2. The van der Waals surface area contributed by atoms with E-state index in [1.54, 1.807) is 60.7 Å². The van der Waals surface area contributed by atoms with Crippen LogP contribution in [0.2, 0.25) is 10.0 Å². The summed E-state index contributed by atoms with van der Waals surface area (Å²) in [6.45, 7) is 24.6. The molecule has 0 fully saturated rings. The molecule has 4 aromatic carbocycles. The van der Waals surface area contributed by atoms with Crippen molar-refractivity contribution < 1.29 is 9.47 Å². The Hall–Kier alpha value is -8.22. The van der Waals surface area contributed by atoms with Gasteiger partial charge in [0.2, 0.25) is 0 Å². The lowest BCUT2D eigenvalue weighted by Gasteiger charge is -2.22. The van der Waals surface area contributed by atoms with Crippen LogP contribution in [-0.2, 0) is 79.6 Å². The lowest BCUT2D eigenvalue weighted by atomic mass is 9.89. The van der Waals surface area contributed by atoms with Crippen molar-refractivity contribution in [2.24, 2.45) is 28.2 Å². The van der Waals surface area contributed by atoms with Crippen molar-refractivity contribution in [1.29, 1.82) is 0 Å². The van der Waals surface area contributed by atoms with E-state index in [0.717, 1.165) is 159 Å². The highest BCUT2D eigenvalue weighted by atomic mass is 35.5. The number of nitrogens with zero attached hydrogens (tertiary/aromatic N) is 8. The molecule has 0 saturated heterocycles. The molecule has 4 heterocycles. The fraction of sp³-hybridized carbons (Fsp3) is 0.524. The van der Waals surface area contributed by atoms with Gasteiger partial charge in [0.05, 0.1) is 58.2 Å². The van der Waals surface area contributed by atoms with Gasteiger partial charge in [0.25, 0.3) is 22.2 Å². The van der Waals surface area contributed by atoms with Gasteiger partial charge in [-0.3, -0.25) is 37.4 Å². The van der Waals surface area contributed by atoms with Crippen LogP contribution < -0.4 is 53.0 Å². The van der Waals surface area contributed by atoms with Crippen molar-refractivity contribution in [3.63, 3.8) is 0 Å². The Bertz CT molecular complexity index is 4630. The van der Waals surface area contributed by atoms with E-state index in [2.05, 4.69) is 119 Å². The first-order chi connectivity index (χ1) is 49.9. The van der Waals surface area contributed by atoms with E-state index >= 15 is 0 Å². The number of nitrogens with one attached hydrogen (secondary N) is 4. The first-order valence-electron chi connectivity index (χ1n) is 38.3. The SMILES string of the molecule is CCC(CC)Nc1c(C)nc(-c2cc3c(cc2Cl)CCC3)n(C)c1=O.CCC(CC)Nc1c(C)nc(-c2cc3c(cc2Cl)CCCC3)n(C)c1=O.CCC(CC)Nc1c(C)nc(-c2cc3c(cc2OC)CCC3)n(C)c1=O.CCC(CC)Nc1c(C)nc(-c2cc3c(cc2OC)CCCC3)n(C)c1=O. The predicted molar refractivity (Wildman–Crippen MR) is 431 cm³/mol.